The fourth-order valence-corrected chi connectivity index (χ4v) is 3.19. The summed E-state index contributed by atoms with van der Waals surface area (Å²) in [5.41, 5.74) is 2.43. The van der Waals surface area contributed by atoms with Crippen LogP contribution in [-0.2, 0) is 16.0 Å². The molecule has 0 radical (unpaired) electrons. The average Bonchev–Trinajstić information content (AvgIpc) is 2.76. The fraction of sp³-hybridized carbons (Fsp3) is 0.417. The van der Waals surface area contributed by atoms with E-state index in [0.29, 0.717) is 23.2 Å². The number of carbonyl (C=O) groups is 2. The molecular weight excluding hydrogens is 398 g/mol. The van der Waals surface area contributed by atoms with Crippen molar-refractivity contribution in [2.24, 2.45) is 5.92 Å². The molecule has 0 heterocycles. The Labute approximate surface area is 183 Å². The number of benzene rings is 2. The summed E-state index contributed by atoms with van der Waals surface area (Å²) in [5.74, 6) is 0.552. The summed E-state index contributed by atoms with van der Waals surface area (Å²) in [6.45, 7) is 5.84. The highest BCUT2D eigenvalue weighted by Gasteiger charge is 2.19. The van der Waals surface area contributed by atoms with E-state index in [2.05, 4.69) is 31.3 Å². The normalized spacial score (nSPS) is 11.6. The zero-order valence-electron chi connectivity index (χ0n) is 19.0. The van der Waals surface area contributed by atoms with Crippen LogP contribution in [0.3, 0.4) is 0 Å². The quantitative estimate of drug-likeness (QED) is 0.576. The van der Waals surface area contributed by atoms with E-state index in [-0.39, 0.29) is 17.5 Å². The van der Waals surface area contributed by atoms with Gasteiger partial charge in [0.15, 0.2) is 18.1 Å². The minimum Gasteiger partial charge on any atom is -0.493 e. The van der Waals surface area contributed by atoms with E-state index in [1.807, 2.05) is 19.1 Å². The molecule has 7 nitrogen and oxygen atoms in total. The molecule has 0 aliphatic heterocycles. The standard InChI is InChI=1S/C24H31NO6/c1-15(2)11-17-7-9-18(10-8-17)16(3)25-22(26)14-31-24(27)19-12-20(28-4)23(30-6)21(13-19)29-5/h7-10,12-13,15-16H,11,14H2,1-6H3,(H,25,26)/t16-/m1/s1. The number of carbonyl (C=O) groups excluding carboxylic acids is 2. The highest BCUT2D eigenvalue weighted by molar-refractivity contribution is 5.92. The Morgan fingerprint density at radius 3 is 1.97 bits per heavy atom. The highest BCUT2D eigenvalue weighted by atomic mass is 16.5. The first-order valence-corrected chi connectivity index (χ1v) is 10.1. The van der Waals surface area contributed by atoms with Gasteiger partial charge in [-0.3, -0.25) is 4.79 Å². The highest BCUT2D eigenvalue weighted by Crippen LogP contribution is 2.38. The number of methoxy groups -OCH3 is 3. The first-order chi connectivity index (χ1) is 14.8. The summed E-state index contributed by atoms with van der Waals surface area (Å²) in [4.78, 5) is 24.7. The van der Waals surface area contributed by atoms with Crippen LogP contribution >= 0.6 is 0 Å². The van der Waals surface area contributed by atoms with Crippen molar-refractivity contribution in [3.8, 4) is 17.2 Å². The Morgan fingerprint density at radius 2 is 1.48 bits per heavy atom. The largest absolute Gasteiger partial charge is 0.493 e. The van der Waals surface area contributed by atoms with E-state index >= 15 is 0 Å². The van der Waals surface area contributed by atoms with Crippen LogP contribution in [-0.4, -0.2) is 39.8 Å². The third-order valence-corrected chi connectivity index (χ3v) is 4.74. The molecule has 2 aromatic carbocycles. The molecule has 0 saturated carbocycles. The second kappa shape index (κ2) is 11.2. The maximum absolute atomic E-state index is 12.4. The number of amides is 1. The summed E-state index contributed by atoms with van der Waals surface area (Å²) >= 11 is 0. The fourth-order valence-electron chi connectivity index (χ4n) is 3.19. The lowest BCUT2D eigenvalue weighted by atomic mass is 10.00. The van der Waals surface area contributed by atoms with E-state index in [0.717, 1.165) is 12.0 Å². The summed E-state index contributed by atoms with van der Waals surface area (Å²) in [6.07, 6.45) is 1.01. The van der Waals surface area contributed by atoms with Gasteiger partial charge in [-0.15, -0.1) is 0 Å². The van der Waals surface area contributed by atoms with Gasteiger partial charge in [0.05, 0.1) is 32.9 Å². The van der Waals surface area contributed by atoms with Gasteiger partial charge in [-0.25, -0.2) is 4.79 Å². The van der Waals surface area contributed by atoms with Gasteiger partial charge in [0, 0.05) is 0 Å². The van der Waals surface area contributed by atoms with Gasteiger partial charge in [-0.1, -0.05) is 38.1 Å². The van der Waals surface area contributed by atoms with E-state index in [9.17, 15) is 9.59 Å². The number of esters is 1. The SMILES string of the molecule is COc1cc(C(=O)OCC(=O)N[C@H](C)c2ccc(CC(C)C)cc2)cc(OC)c1OC. The van der Waals surface area contributed by atoms with Crippen molar-refractivity contribution in [3.05, 3.63) is 53.1 Å². The molecule has 1 N–H and O–H groups in total. The third-order valence-electron chi connectivity index (χ3n) is 4.74. The second-order valence-corrected chi connectivity index (χ2v) is 7.62. The van der Waals surface area contributed by atoms with Crippen molar-refractivity contribution in [3.63, 3.8) is 0 Å². The smallest absolute Gasteiger partial charge is 0.338 e. The second-order valence-electron chi connectivity index (χ2n) is 7.62. The van der Waals surface area contributed by atoms with Crippen molar-refractivity contribution >= 4 is 11.9 Å². The minimum absolute atomic E-state index is 0.191. The Hall–Kier alpha value is -3.22. The lowest BCUT2D eigenvalue weighted by Crippen LogP contribution is -2.31. The van der Waals surface area contributed by atoms with Crippen LogP contribution in [0.5, 0.6) is 17.2 Å². The van der Waals surface area contributed by atoms with Gasteiger partial charge in [-0.2, -0.15) is 0 Å². The molecule has 0 aliphatic carbocycles. The molecule has 31 heavy (non-hydrogen) atoms. The van der Waals surface area contributed by atoms with E-state index in [4.69, 9.17) is 18.9 Å². The molecule has 0 bridgehead atoms. The molecule has 0 unspecified atom stereocenters. The third kappa shape index (κ3) is 6.64. The minimum atomic E-state index is -0.667. The molecule has 7 heteroatoms. The number of hydrogen-bond donors (Lipinski definition) is 1. The van der Waals surface area contributed by atoms with Gasteiger partial charge >= 0.3 is 5.97 Å². The summed E-state index contributed by atoms with van der Waals surface area (Å²) in [7, 11) is 4.38. The Bertz CT molecular complexity index is 866. The maximum Gasteiger partial charge on any atom is 0.338 e. The summed E-state index contributed by atoms with van der Waals surface area (Å²) < 4.78 is 20.9. The van der Waals surface area contributed by atoms with Crippen LogP contribution < -0.4 is 19.5 Å². The number of ether oxygens (including phenoxy) is 4. The molecule has 2 aromatic rings. The van der Waals surface area contributed by atoms with Crippen molar-refractivity contribution in [2.45, 2.75) is 33.2 Å². The Morgan fingerprint density at radius 1 is 0.903 bits per heavy atom. The predicted octanol–water partition coefficient (Wildman–Crippen LogP) is 3.95. The number of rotatable bonds is 10. The molecule has 0 spiro atoms. The molecule has 2 rings (SSSR count). The topological polar surface area (TPSA) is 83.1 Å². The van der Waals surface area contributed by atoms with Crippen LogP contribution in [0.25, 0.3) is 0 Å². The first kappa shape index (κ1) is 24.1. The van der Waals surface area contributed by atoms with Gasteiger partial charge in [0.25, 0.3) is 5.91 Å². The lowest BCUT2D eigenvalue weighted by molar-refractivity contribution is -0.124. The van der Waals surface area contributed by atoms with Gasteiger partial charge in [-0.05, 0) is 42.5 Å². The zero-order valence-corrected chi connectivity index (χ0v) is 19.0. The van der Waals surface area contributed by atoms with Crippen molar-refractivity contribution < 1.29 is 28.5 Å². The Balaban J connectivity index is 1.95. The molecule has 0 fully saturated rings. The molecule has 0 saturated heterocycles. The van der Waals surface area contributed by atoms with Gasteiger partial charge in [0.1, 0.15) is 0 Å². The lowest BCUT2D eigenvalue weighted by Gasteiger charge is -2.16. The van der Waals surface area contributed by atoms with Crippen molar-refractivity contribution in [2.75, 3.05) is 27.9 Å². The van der Waals surface area contributed by atoms with Gasteiger partial charge in [0.2, 0.25) is 5.75 Å². The Kier molecular flexibility index (Phi) is 8.73. The predicted molar refractivity (Wildman–Crippen MR) is 118 cm³/mol. The van der Waals surface area contributed by atoms with E-state index in [1.165, 1.54) is 39.0 Å². The average molecular weight is 430 g/mol. The molecule has 0 aromatic heterocycles. The summed E-state index contributed by atoms with van der Waals surface area (Å²) in [5, 5.41) is 2.84. The van der Waals surface area contributed by atoms with Crippen molar-refractivity contribution in [1.82, 2.24) is 5.32 Å². The zero-order chi connectivity index (χ0) is 23.0. The van der Waals surface area contributed by atoms with Crippen LogP contribution in [0.15, 0.2) is 36.4 Å². The first-order valence-electron chi connectivity index (χ1n) is 10.1. The molecule has 1 atom stereocenters. The van der Waals surface area contributed by atoms with Crippen molar-refractivity contribution in [1.29, 1.82) is 0 Å². The molecule has 1 amide bonds. The van der Waals surface area contributed by atoms with Crippen LogP contribution in [0, 0.1) is 5.92 Å². The van der Waals surface area contributed by atoms with Crippen LogP contribution in [0.2, 0.25) is 0 Å². The van der Waals surface area contributed by atoms with E-state index in [1.54, 1.807) is 0 Å². The van der Waals surface area contributed by atoms with Crippen LogP contribution in [0.4, 0.5) is 0 Å². The number of nitrogens with one attached hydrogen (secondary N) is 1. The number of hydrogen-bond acceptors (Lipinski definition) is 6. The monoisotopic (exact) mass is 429 g/mol. The molecular formula is C24H31NO6. The van der Waals surface area contributed by atoms with Gasteiger partial charge < -0.3 is 24.3 Å². The summed E-state index contributed by atoms with van der Waals surface area (Å²) in [6, 6.07) is 10.9. The molecule has 0 aliphatic rings. The maximum atomic E-state index is 12.4. The molecule has 168 valence electrons. The van der Waals surface area contributed by atoms with Crippen LogP contribution in [0.1, 0.15) is 48.3 Å². The van der Waals surface area contributed by atoms with E-state index < -0.39 is 12.6 Å².